The molecule has 2 aliphatic heterocycles. The monoisotopic (exact) mass is 414 g/mol. The van der Waals surface area contributed by atoms with Crippen LogP contribution in [0.5, 0.6) is 5.88 Å². The maximum absolute atomic E-state index is 13.1. The Morgan fingerprint density at radius 1 is 1.20 bits per heavy atom. The molecule has 2 fully saturated rings. The minimum Gasteiger partial charge on any atom is -0.494 e. The van der Waals surface area contributed by atoms with Crippen molar-refractivity contribution in [3.8, 4) is 5.88 Å². The smallest absolute Gasteiger partial charge is 0.291 e. The number of hydrogen-bond acceptors (Lipinski definition) is 6. The topological polar surface area (TPSA) is 107 Å². The molecular formula is C21H26N4O5. The van der Waals surface area contributed by atoms with Gasteiger partial charge < -0.3 is 19.9 Å². The number of ether oxygens (including phenoxy) is 2. The van der Waals surface area contributed by atoms with Crippen LogP contribution in [0.2, 0.25) is 0 Å². The second kappa shape index (κ2) is 7.88. The van der Waals surface area contributed by atoms with Crippen molar-refractivity contribution in [1.29, 1.82) is 0 Å². The number of nitrogens with one attached hydrogen (secondary N) is 1. The van der Waals surface area contributed by atoms with Gasteiger partial charge in [0, 0.05) is 31.4 Å². The fraction of sp³-hybridized carbons (Fsp3) is 0.571. The van der Waals surface area contributed by atoms with Crippen LogP contribution in [0.1, 0.15) is 48.0 Å². The van der Waals surface area contributed by atoms with E-state index < -0.39 is 11.5 Å². The van der Waals surface area contributed by atoms with Gasteiger partial charge in [-0.3, -0.25) is 14.2 Å². The van der Waals surface area contributed by atoms with Crippen molar-refractivity contribution in [2.45, 2.75) is 44.7 Å². The highest BCUT2D eigenvalue weighted by Gasteiger charge is 2.31. The van der Waals surface area contributed by atoms with E-state index in [2.05, 4.69) is 10.4 Å². The third-order valence-electron chi connectivity index (χ3n) is 6.12. The van der Waals surface area contributed by atoms with E-state index in [9.17, 15) is 14.7 Å². The molecule has 1 saturated carbocycles. The maximum Gasteiger partial charge on any atom is 0.291 e. The number of aromatic hydroxyl groups is 1. The van der Waals surface area contributed by atoms with Gasteiger partial charge in [0.05, 0.1) is 19.4 Å². The summed E-state index contributed by atoms with van der Waals surface area (Å²) in [5.74, 6) is -0.543. The molecule has 1 saturated heterocycles. The summed E-state index contributed by atoms with van der Waals surface area (Å²) in [5, 5.41) is 18.3. The molecule has 0 spiro atoms. The first-order chi connectivity index (χ1) is 14.6. The van der Waals surface area contributed by atoms with E-state index >= 15 is 0 Å². The van der Waals surface area contributed by atoms with Crippen molar-refractivity contribution in [1.82, 2.24) is 19.5 Å². The molecule has 9 nitrogen and oxygen atoms in total. The lowest BCUT2D eigenvalue weighted by atomic mass is 9.99. The molecule has 1 aliphatic carbocycles. The lowest BCUT2D eigenvalue weighted by Crippen LogP contribution is -2.35. The molecule has 9 heteroatoms. The molecular weight excluding hydrogens is 388 g/mol. The molecule has 30 heavy (non-hydrogen) atoms. The summed E-state index contributed by atoms with van der Waals surface area (Å²) < 4.78 is 13.8. The van der Waals surface area contributed by atoms with Crippen LogP contribution in [0, 0.1) is 5.92 Å². The van der Waals surface area contributed by atoms with E-state index in [4.69, 9.17) is 9.47 Å². The Hall–Kier alpha value is -2.65. The zero-order chi connectivity index (χ0) is 20.7. The predicted octanol–water partition coefficient (Wildman–Crippen LogP) is 1.32. The van der Waals surface area contributed by atoms with Gasteiger partial charge in [-0.05, 0) is 43.6 Å². The number of aromatic nitrogens is 3. The highest BCUT2D eigenvalue weighted by Crippen LogP contribution is 2.30. The summed E-state index contributed by atoms with van der Waals surface area (Å²) in [6, 6.07) is 0.0801. The molecule has 0 radical (unpaired) electrons. The van der Waals surface area contributed by atoms with E-state index in [0.29, 0.717) is 45.0 Å². The van der Waals surface area contributed by atoms with Crippen LogP contribution >= 0.6 is 0 Å². The number of fused-ring (bicyclic) bond motifs is 1. The fourth-order valence-electron chi connectivity index (χ4n) is 4.23. The van der Waals surface area contributed by atoms with Crippen LogP contribution in [-0.4, -0.2) is 57.7 Å². The summed E-state index contributed by atoms with van der Waals surface area (Å²) in [6.07, 6.45) is 7.85. The third kappa shape index (κ3) is 3.52. The van der Waals surface area contributed by atoms with Crippen LogP contribution < -0.4 is 10.9 Å². The molecule has 0 bridgehead atoms. The van der Waals surface area contributed by atoms with Gasteiger partial charge in [-0.2, -0.15) is 9.61 Å². The molecule has 0 aromatic carbocycles. The second-order valence-corrected chi connectivity index (χ2v) is 8.27. The van der Waals surface area contributed by atoms with Gasteiger partial charge in [0.15, 0.2) is 5.56 Å². The largest absolute Gasteiger partial charge is 0.494 e. The molecule has 0 atom stereocenters. The average Bonchev–Trinajstić information content (AvgIpc) is 3.46. The van der Waals surface area contributed by atoms with Crippen molar-refractivity contribution in [2.24, 2.45) is 5.92 Å². The van der Waals surface area contributed by atoms with E-state index in [1.165, 1.54) is 4.52 Å². The minimum absolute atomic E-state index is 0.0801. The minimum atomic E-state index is -0.595. The normalized spacial score (nSPS) is 20.3. The quantitative estimate of drug-likeness (QED) is 0.764. The molecule has 3 aliphatic rings. The summed E-state index contributed by atoms with van der Waals surface area (Å²) in [5.41, 5.74) is 1.53. The summed E-state index contributed by atoms with van der Waals surface area (Å²) in [6.45, 7) is 2.94. The number of carbonyl (C=O) groups is 1. The van der Waals surface area contributed by atoms with Gasteiger partial charge in [-0.25, -0.2) is 0 Å². The van der Waals surface area contributed by atoms with Crippen LogP contribution in [0.3, 0.4) is 0 Å². The standard InChI is InChI=1S/C21H26N4O5/c26-18(23-15-1-2-15)17-20(27)24(12-13-3-7-29-8-4-13)19-16(11-22-25(19)21(17)28)14-5-9-30-10-6-14/h5,11,13,15,27H,1-4,6-10,12H2,(H,23,26). The van der Waals surface area contributed by atoms with Gasteiger partial charge >= 0.3 is 0 Å². The Kier molecular flexibility index (Phi) is 5.08. The van der Waals surface area contributed by atoms with Gasteiger partial charge in [-0.1, -0.05) is 6.08 Å². The molecule has 5 rings (SSSR count). The van der Waals surface area contributed by atoms with Crippen molar-refractivity contribution in [2.75, 3.05) is 26.4 Å². The molecule has 2 aromatic heterocycles. The average molecular weight is 414 g/mol. The van der Waals surface area contributed by atoms with Crippen molar-refractivity contribution >= 4 is 17.1 Å². The Labute approximate surface area is 173 Å². The van der Waals surface area contributed by atoms with Crippen LogP contribution in [-0.2, 0) is 16.0 Å². The lowest BCUT2D eigenvalue weighted by molar-refractivity contribution is 0.0607. The van der Waals surface area contributed by atoms with Crippen LogP contribution in [0.4, 0.5) is 0 Å². The summed E-state index contributed by atoms with van der Waals surface area (Å²) >= 11 is 0. The van der Waals surface area contributed by atoms with E-state index in [1.807, 2.05) is 6.08 Å². The molecule has 1 amide bonds. The molecule has 2 aromatic rings. The van der Waals surface area contributed by atoms with Gasteiger partial charge in [-0.15, -0.1) is 0 Å². The Balaban J connectivity index is 1.66. The predicted molar refractivity (Wildman–Crippen MR) is 109 cm³/mol. The number of rotatable bonds is 5. The number of nitrogens with zero attached hydrogens (tertiary/aromatic N) is 3. The first-order valence-corrected chi connectivity index (χ1v) is 10.6. The van der Waals surface area contributed by atoms with Crippen molar-refractivity contribution < 1.29 is 19.4 Å². The number of carbonyl (C=O) groups excluding carboxylic acids is 1. The Morgan fingerprint density at radius 2 is 2.00 bits per heavy atom. The van der Waals surface area contributed by atoms with Crippen LogP contribution in [0.15, 0.2) is 17.1 Å². The zero-order valence-electron chi connectivity index (χ0n) is 16.8. The number of amides is 1. The molecule has 0 unspecified atom stereocenters. The first-order valence-electron chi connectivity index (χ1n) is 10.6. The first kappa shape index (κ1) is 19.3. The maximum atomic E-state index is 13.1. The van der Waals surface area contributed by atoms with Crippen LogP contribution in [0.25, 0.3) is 11.2 Å². The molecule has 160 valence electrons. The van der Waals surface area contributed by atoms with Gasteiger partial charge in [0.2, 0.25) is 5.88 Å². The summed E-state index contributed by atoms with van der Waals surface area (Å²) in [7, 11) is 0. The van der Waals surface area contributed by atoms with E-state index in [1.54, 1.807) is 10.8 Å². The van der Waals surface area contributed by atoms with Gasteiger partial charge in [0.25, 0.3) is 11.5 Å². The Morgan fingerprint density at radius 3 is 2.70 bits per heavy atom. The SMILES string of the molecule is O=C(NC1CC1)c1c(O)n(CC2CCOCC2)c2c(C3=CCOCC3)cnn2c1=O. The molecule has 4 heterocycles. The lowest BCUT2D eigenvalue weighted by Gasteiger charge is -2.25. The highest BCUT2D eigenvalue weighted by atomic mass is 16.5. The Bertz CT molecular complexity index is 1060. The van der Waals surface area contributed by atoms with E-state index in [-0.39, 0.29) is 23.4 Å². The number of hydrogen-bond donors (Lipinski definition) is 2. The summed E-state index contributed by atoms with van der Waals surface area (Å²) in [4.78, 5) is 25.9. The van der Waals surface area contributed by atoms with E-state index in [0.717, 1.165) is 36.8 Å². The van der Waals surface area contributed by atoms with Crippen molar-refractivity contribution in [3.05, 3.63) is 33.8 Å². The van der Waals surface area contributed by atoms with Gasteiger partial charge in [0.1, 0.15) is 5.65 Å². The fourth-order valence-corrected chi connectivity index (χ4v) is 4.23. The van der Waals surface area contributed by atoms with Crippen molar-refractivity contribution in [3.63, 3.8) is 0 Å². The third-order valence-corrected chi connectivity index (χ3v) is 6.12. The highest BCUT2D eigenvalue weighted by molar-refractivity contribution is 5.97. The zero-order valence-corrected chi connectivity index (χ0v) is 16.8. The molecule has 2 N–H and O–H groups in total. The second-order valence-electron chi connectivity index (χ2n) is 8.27.